The third-order valence-corrected chi connectivity index (χ3v) is 2.06. The summed E-state index contributed by atoms with van der Waals surface area (Å²) in [6, 6.07) is 10.2. The molecule has 1 amide bonds. The third-order valence-electron chi connectivity index (χ3n) is 2.06. The molecule has 0 fully saturated rings. The van der Waals surface area contributed by atoms with Gasteiger partial charge in [-0.3, -0.25) is 4.79 Å². The van der Waals surface area contributed by atoms with E-state index in [9.17, 15) is 4.79 Å². The predicted octanol–water partition coefficient (Wildman–Crippen LogP) is 3.17. The Morgan fingerprint density at radius 3 is 2.38 bits per heavy atom. The van der Waals surface area contributed by atoms with Crippen LogP contribution in [-0.2, 0) is 11.2 Å². The van der Waals surface area contributed by atoms with Crippen LogP contribution >= 0.6 is 0 Å². The molecule has 16 heavy (non-hydrogen) atoms. The number of hydrogen-bond donors (Lipinski definition) is 1. The van der Waals surface area contributed by atoms with Gasteiger partial charge in [-0.2, -0.15) is 0 Å². The molecule has 0 aliphatic heterocycles. The zero-order valence-corrected chi connectivity index (χ0v) is 10.6. The highest BCUT2D eigenvalue weighted by Crippen LogP contribution is 1.98. The molecule has 0 radical (unpaired) electrons. The van der Waals surface area contributed by atoms with Crippen LogP contribution in [0.15, 0.2) is 30.3 Å². The van der Waals surface area contributed by atoms with E-state index >= 15 is 0 Å². The van der Waals surface area contributed by atoms with Gasteiger partial charge in [0.2, 0.25) is 5.91 Å². The summed E-state index contributed by atoms with van der Waals surface area (Å²) in [5, 5.41) is 2.89. The summed E-state index contributed by atoms with van der Waals surface area (Å²) in [4.78, 5) is 11.1. The summed E-state index contributed by atoms with van der Waals surface area (Å²) in [7, 11) is 0. The third kappa shape index (κ3) is 7.04. The highest BCUT2D eigenvalue weighted by Gasteiger charge is 1.97. The van der Waals surface area contributed by atoms with E-state index < -0.39 is 0 Å². The first-order chi connectivity index (χ1) is 7.83. The second kappa shape index (κ2) is 10.2. The van der Waals surface area contributed by atoms with Crippen LogP contribution in [0.4, 0.5) is 0 Å². The summed E-state index contributed by atoms with van der Waals surface area (Å²) in [6.45, 7) is 6.75. The molecule has 1 rings (SSSR count). The molecule has 2 heteroatoms. The number of carbonyl (C=O) groups is 1. The van der Waals surface area contributed by atoms with Gasteiger partial charge in [0, 0.05) is 13.0 Å². The maximum absolute atomic E-state index is 11.1. The lowest BCUT2D eigenvalue weighted by Gasteiger charge is -2.03. The summed E-state index contributed by atoms with van der Waals surface area (Å²) < 4.78 is 0. The first kappa shape index (κ1) is 14.7. The van der Waals surface area contributed by atoms with E-state index in [0.29, 0.717) is 6.42 Å². The molecule has 1 aromatic rings. The Morgan fingerprint density at radius 1 is 1.19 bits per heavy atom. The molecule has 0 aromatic heterocycles. The lowest BCUT2D eigenvalue weighted by Crippen LogP contribution is -2.25. The van der Waals surface area contributed by atoms with Gasteiger partial charge in [-0.1, -0.05) is 51.1 Å². The molecule has 0 saturated heterocycles. The van der Waals surface area contributed by atoms with Gasteiger partial charge in [-0.15, -0.1) is 0 Å². The Labute approximate surface area is 99.1 Å². The van der Waals surface area contributed by atoms with E-state index in [-0.39, 0.29) is 5.91 Å². The van der Waals surface area contributed by atoms with Crippen molar-refractivity contribution in [2.24, 2.45) is 0 Å². The Hall–Kier alpha value is -1.31. The standard InChI is InChI=1S/C12H17NO.C2H6/c1-2-6-12(14)13-10-9-11-7-4-3-5-8-11;1-2/h3-5,7-8H,2,6,9-10H2,1H3,(H,13,14);1-2H3. The molecule has 0 aliphatic rings. The second-order valence-corrected chi connectivity index (χ2v) is 3.34. The van der Waals surface area contributed by atoms with Gasteiger partial charge in [-0.25, -0.2) is 0 Å². The Kier molecular flexibility index (Phi) is 9.38. The van der Waals surface area contributed by atoms with Crippen LogP contribution in [-0.4, -0.2) is 12.5 Å². The molecule has 0 spiro atoms. The SMILES string of the molecule is CC.CCCC(=O)NCCc1ccccc1. The van der Waals surface area contributed by atoms with Gasteiger partial charge in [0.25, 0.3) is 0 Å². The van der Waals surface area contributed by atoms with Crippen molar-refractivity contribution in [3.63, 3.8) is 0 Å². The monoisotopic (exact) mass is 221 g/mol. The van der Waals surface area contributed by atoms with E-state index in [0.717, 1.165) is 19.4 Å². The van der Waals surface area contributed by atoms with Crippen molar-refractivity contribution in [3.8, 4) is 0 Å². The minimum Gasteiger partial charge on any atom is -0.356 e. The van der Waals surface area contributed by atoms with E-state index in [2.05, 4.69) is 17.4 Å². The van der Waals surface area contributed by atoms with Crippen molar-refractivity contribution >= 4 is 5.91 Å². The van der Waals surface area contributed by atoms with Crippen LogP contribution < -0.4 is 5.32 Å². The molecular formula is C14H23NO. The van der Waals surface area contributed by atoms with Crippen LogP contribution in [0.25, 0.3) is 0 Å². The molecule has 0 bridgehead atoms. The molecule has 1 N–H and O–H groups in total. The van der Waals surface area contributed by atoms with Crippen molar-refractivity contribution in [2.75, 3.05) is 6.54 Å². The second-order valence-electron chi connectivity index (χ2n) is 3.34. The smallest absolute Gasteiger partial charge is 0.219 e. The molecule has 2 nitrogen and oxygen atoms in total. The molecule has 0 aliphatic carbocycles. The fourth-order valence-electron chi connectivity index (χ4n) is 1.31. The predicted molar refractivity (Wildman–Crippen MR) is 69.4 cm³/mol. The highest BCUT2D eigenvalue weighted by atomic mass is 16.1. The van der Waals surface area contributed by atoms with Gasteiger partial charge in [-0.05, 0) is 18.4 Å². The highest BCUT2D eigenvalue weighted by molar-refractivity contribution is 5.75. The van der Waals surface area contributed by atoms with Crippen molar-refractivity contribution in [1.82, 2.24) is 5.32 Å². The summed E-state index contributed by atoms with van der Waals surface area (Å²) in [5.74, 6) is 0.156. The number of benzene rings is 1. The summed E-state index contributed by atoms with van der Waals surface area (Å²) in [6.07, 6.45) is 2.46. The molecule has 0 unspecified atom stereocenters. The van der Waals surface area contributed by atoms with E-state index in [1.807, 2.05) is 39.0 Å². The minimum atomic E-state index is 0.156. The van der Waals surface area contributed by atoms with Crippen LogP contribution in [0, 0.1) is 0 Å². The first-order valence-corrected chi connectivity index (χ1v) is 6.13. The molecule has 90 valence electrons. The number of nitrogens with one attached hydrogen (secondary N) is 1. The molecular weight excluding hydrogens is 198 g/mol. The fraction of sp³-hybridized carbons (Fsp3) is 0.500. The zero-order chi connectivity index (χ0) is 12.2. The van der Waals surface area contributed by atoms with E-state index in [1.165, 1.54) is 5.56 Å². The van der Waals surface area contributed by atoms with E-state index in [4.69, 9.17) is 0 Å². The van der Waals surface area contributed by atoms with Gasteiger partial charge in [0.05, 0.1) is 0 Å². The van der Waals surface area contributed by atoms with Gasteiger partial charge in [0.15, 0.2) is 0 Å². The largest absolute Gasteiger partial charge is 0.356 e. The fourth-order valence-corrected chi connectivity index (χ4v) is 1.31. The quantitative estimate of drug-likeness (QED) is 0.813. The van der Waals surface area contributed by atoms with Crippen LogP contribution in [0.2, 0.25) is 0 Å². The molecule has 0 heterocycles. The Bertz CT molecular complexity index is 269. The van der Waals surface area contributed by atoms with Crippen LogP contribution in [0.5, 0.6) is 0 Å². The van der Waals surface area contributed by atoms with Gasteiger partial charge >= 0.3 is 0 Å². The maximum atomic E-state index is 11.1. The average Bonchev–Trinajstić information content (AvgIpc) is 2.33. The van der Waals surface area contributed by atoms with E-state index in [1.54, 1.807) is 0 Å². The number of hydrogen-bond acceptors (Lipinski definition) is 1. The molecule has 0 atom stereocenters. The van der Waals surface area contributed by atoms with Crippen molar-refractivity contribution in [2.45, 2.75) is 40.0 Å². The summed E-state index contributed by atoms with van der Waals surface area (Å²) in [5.41, 5.74) is 1.27. The summed E-state index contributed by atoms with van der Waals surface area (Å²) >= 11 is 0. The average molecular weight is 221 g/mol. The topological polar surface area (TPSA) is 29.1 Å². The van der Waals surface area contributed by atoms with Crippen LogP contribution in [0.1, 0.15) is 39.2 Å². The van der Waals surface area contributed by atoms with Gasteiger partial charge in [0.1, 0.15) is 0 Å². The number of carbonyl (C=O) groups excluding carboxylic acids is 1. The lowest BCUT2D eigenvalue weighted by atomic mass is 10.1. The number of amides is 1. The first-order valence-electron chi connectivity index (χ1n) is 6.13. The van der Waals surface area contributed by atoms with Crippen molar-refractivity contribution in [3.05, 3.63) is 35.9 Å². The number of rotatable bonds is 5. The maximum Gasteiger partial charge on any atom is 0.219 e. The normalized spacial score (nSPS) is 8.94. The van der Waals surface area contributed by atoms with Crippen LogP contribution in [0.3, 0.4) is 0 Å². The van der Waals surface area contributed by atoms with Gasteiger partial charge < -0.3 is 5.32 Å². The Morgan fingerprint density at radius 2 is 1.81 bits per heavy atom. The van der Waals surface area contributed by atoms with Crippen molar-refractivity contribution < 1.29 is 4.79 Å². The molecule has 1 aromatic carbocycles. The zero-order valence-electron chi connectivity index (χ0n) is 10.6. The molecule has 0 saturated carbocycles. The minimum absolute atomic E-state index is 0.156. The lowest BCUT2D eigenvalue weighted by molar-refractivity contribution is -0.121. The Balaban J connectivity index is 0.00000106. The van der Waals surface area contributed by atoms with Crippen molar-refractivity contribution in [1.29, 1.82) is 0 Å².